The maximum Gasteiger partial charge on any atom is 0.432 e. The van der Waals surface area contributed by atoms with Gasteiger partial charge in [0.25, 0.3) is 11.5 Å². The van der Waals surface area contributed by atoms with Gasteiger partial charge in [0.1, 0.15) is 28.9 Å². The first-order valence-electron chi connectivity index (χ1n) is 13.5. The van der Waals surface area contributed by atoms with Gasteiger partial charge in [0.2, 0.25) is 0 Å². The Hall–Kier alpha value is -4.79. The van der Waals surface area contributed by atoms with E-state index in [0.29, 0.717) is 0 Å². The van der Waals surface area contributed by atoms with E-state index in [9.17, 15) is 54.6 Å². The molecule has 0 spiro atoms. The molecule has 0 fully saturated rings. The number of carboxylic acids is 1. The van der Waals surface area contributed by atoms with E-state index in [1.807, 2.05) is 5.32 Å². The molecule has 244 valence electrons. The number of carbonyl (C=O) groups is 2. The summed E-state index contributed by atoms with van der Waals surface area (Å²) in [6.07, 6.45) is -11.9. The van der Waals surface area contributed by atoms with E-state index in [0.717, 1.165) is 24.3 Å². The molecular weight excluding hydrogens is 630 g/mol. The maximum atomic E-state index is 14.6. The van der Waals surface area contributed by atoms with Crippen LogP contribution in [0.4, 0.5) is 35.1 Å². The fourth-order valence-electron chi connectivity index (χ4n) is 5.12. The fourth-order valence-corrected chi connectivity index (χ4v) is 5.12. The summed E-state index contributed by atoms with van der Waals surface area (Å²) in [5.41, 5.74) is -7.59. The summed E-state index contributed by atoms with van der Waals surface area (Å²) >= 11 is 0. The number of halogens is 8. The number of alkyl halides is 6. The van der Waals surface area contributed by atoms with Gasteiger partial charge in [0, 0.05) is 24.4 Å². The lowest BCUT2D eigenvalue weighted by Gasteiger charge is -2.25. The molecule has 7 nitrogen and oxygen atoms in total. The van der Waals surface area contributed by atoms with Gasteiger partial charge in [0.15, 0.2) is 0 Å². The molecule has 15 heteroatoms. The van der Waals surface area contributed by atoms with Crippen LogP contribution >= 0.6 is 0 Å². The molecule has 1 aromatic heterocycles. The molecule has 0 aliphatic rings. The minimum atomic E-state index is -5.41. The van der Waals surface area contributed by atoms with Gasteiger partial charge in [-0.2, -0.15) is 26.3 Å². The van der Waals surface area contributed by atoms with Crippen molar-refractivity contribution in [1.82, 2.24) is 14.8 Å². The number of carbonyl (C=O) groups excluding carboxylic acids is 1. The number of fused-ring (bicyclic) bond motifs is 1. The fraction of sp³-hybridized carbons (Fsp3) is 0.258. The van der Waals surface area contributed by atoms with Crippen molar-refractivity contribution in [3.8, 4) is 5.69 Å². The van der Waals surface area contributed by atoms with Crippen molar-refractivity contribution in [3.05, 3.63) is 111 Å². The van der Waals surface area contributed by atoms with Crippen LogP contribution in [0.2, 0.25) is 0 Å². The molecule has 0 radical (unpaired) electrons. The van der Waals surface area contributed by atoms with Crippen LogP contribution in [0.5, 0.6) is 0 Å². The number of amides is 1. The smallest absolute Gasteiger partial charge is 0.432 e. The Kier molecular flexibility index (Phi) is 9.56. The molecule has 3 aromatic carbocycles. The van der Waals surface area contributed by atoms with E-state index in [1.54, 1.807) is 0 Å². The first-order chi connectivity index (χ1) is 21.4. The number of rotatable bonds is 9. The first kappa shape index (κ1) is 34.1. The molecule has 4 aromatic rings. The summed E-state index contributed by atoms with van der Waals surface area (Å²) in [4.78, 5) is 39.2. The number of hydrogen-bond acceptors (Lipinski definition) is 4. The van der Waals surface area contributed by atoms with E-state index in [2.05, 4.69) is 0 Å². The molecule has 0 saturated carbocycles. The van der Waals surface area contributed by atoms with Crippen molar-refractivity contribution in [3.63, 3.8) is 0 Å². The van der Waals surface area contributed by atoms with Crippen molar-refractivity contribution in [1.29, 1.82) is 0 Å². The van der Waals surface area contributed by atoms with Crippen LogP contribution in [0.25, 0.3) is 16.5 Å². The summed E-state index contributed by atoms with van der Waals surface area (Å²) in [5.74, 6) is -5.48. The van der Waals surface area contributed by atoms with Crippen LogP contribution in [-0.4, -0.2) is 53.1 Å². The van der Waals surface area contributed by atoms with Crippen LogP contribution in [0.15, 0.2) is 65.5 Å². The van der Waals surface area contributed by atoms with E-state index in [4.69, 9.17) is 0 Å². The zero-order chi connectivity index (χ0) is 34.1. The molecule has 0 aliphatic carbocycles. The molecule has 2 N–H and O–H groups in total. The van der Waals surface area contributed by atoms with Gasteiger partial charge in [0.05, 0.1) is 11.3 Å². The zero-order valence-corrected chi connectivity index (χ0v) is 24.1. The molecule has 0 aliphatic heterocycles. The minimum absolute atomic E-state index is 0.0541. The predicted molar refractivity (Wildman–Crippen MR) is 151 cm³/mol. The number of likely N-dealkylation sites (N-methyl/N-ethyl adjacent to an activating group) is 1. The topological polar surface area (TPSA) is 91.6 Å². The standard InChI is InChI=1S/C31H25F8N3O4/c1-41(2)13-12-19-20(30(34,35)36)15-25(43)42(27(19)31(37,38)39)24-11-4-7-17-16(6-3-8-18(17)24)14-23(29(45)46)40-28(44)26-21(32)9-5-10-22(26)33/h3-11,15,23H,12-14H2,1-2H3,(H,40,44)(H,45,46)/t23-/m0/s1. The van der Waals surface area contributed by atoms with Gasteiger partial charge >= 0.3 is 18.3 Å². The van der Waals surface area contributed by atoms with Crippen LogP contribution in [0, 0.1) is 11.6 Å². The number of nitrogens with one attached hydrogen (secondary N) is 1. The Balaban J connectivity index is 1.89. The van der Waals surface area contributed by atoms with Gasteiger partial charge in [-0.3, -0.25) is 14.2 Å². The summed E-state index contributed by atoms with van der Waals surface area (Å²) in [6, 6.07) is 8.61. The van der Waals surface area contributed by atoms with Crippen LogP contribution in [0.1, 0.15) is 32.7 Å². The quantitative estimate of drug-likeness (QED) is 0.222. The predicted octanol–water partition coefficient (Wildman–Crippen LogP) is 5.84. The average molecular weight is 656 g/mol. The lowest BCUT2D eigenvalue weighted by Crippen LogP contribution is -2.43. The molecule has 0 bridgehead atoms. The third-order valence-electron chi connectivity index (χ3n) is 7.15. The van der Waals surface area contributed by atoms with Crippen LogP contribution in [-0.2, 0) is 30.0 Å². The molecule has 0 unspecified atom stereocenters. The SMILES string of the molecule is CN(C)CCc1c(C(F)(F)F)cc(=O)n(-c2cccc3c(C[C@H](NC(=O)c4c(F)cccc4F)C(=O)O)cccc23)c1C(F)(F)F. The number of benzene rings is 3. The summed E-state index contributed by atoms with van der Waals surface area (Å²) in [6.45, 7) is -0.205. The average Bonchev–Trinajstić information content (AvgIpc) is 2.94. The van der Waals surface area contributed by atoms with Gasteiger partial charge in [-0.1, -0.05) is 36.4 Å². The second-order valence-electron chi connectivity index (χ2n) is 10.6. The number of hydrogen-bond donors (Lipinski definition) is 2. The lowest BCUT2D eigenvalue weighted by molar-refractivity contribution is -0.148. The summed E-state index contributed by atoms with van der Waals surface area (Å²) in [7, 11) is 2.92. The van der Waals surface area contributed by atoms with Gasteiger partial charge in [-0.25, -0.2) is 13.6 Å². The van der Waals surface area contributed by atoms with Crippen LogP contribution < -0.4 is 10.9 Å². The molecule has 1 atom stereocenters. The van der Waals surface area contributed by atoms with Crippen molar-refractivity contribution < 1.29 is 49.8 Å². The number of aromatic nitrogens is 1. The van der Waals surface area contributed by atoms with E-state index < -0.39 is 88.4 Å². The molecule has 4 rings (SSSR count). The molecule has 1 heterocycles. The summed E-state index contributed by atoms with van der Waals surface area (Å²) in [5, 5.41) is 11.9. The normalized spacial score (nSPS) is 12.8. The van der Waals surface area contributed by atoms with Crippen molar-refractivity contribution in [2.75, 3.05) is 20.6 Å². The highest BCUT2D eigenvalue weighted by Gasteiger charge is 2.44. The van der Waals surface area contributed by atoms with Gasteiger partial charge in [-0.05, 0) is 55.2 Å². The Morgan fingerprint density at radius 1 is 0.891 bits per heavy atom. The summed E-state index contributed by atoms with van der Waals surface area (Å²) < 4.78 is 114. The van der Waals surface area contributed by atoms with Gasteiger partial charge in [-0.15, -0.1) is 0 Å². The molecule has 46 heavy (non-hydrogen) atoms. The molecular formula is C31H25F8N3O4. The van der Waals surface area contributed by atoms with E-state index in [1.165, 1.54) is 49.3 Å². The first-order valence-corrected chi connectivity index (χ1v) is 13.5. The monoisotopic (exact) mass is 655 g/mol. The van der Waals surface area contributed by atoms with Crippen LogP contribution in [0.3, 0.4) is 0 Å². The Bertz CT molecular complexity index is 1850. The molecule has 1 amide bonds. The number of aliphatic carboxylic acids is 1. The third-order valence-corrected chi connectivity index (χ3v) is 7.15. The van der Waals surface area contributed by atoms with Crippen molar-refractivity contribution in [2.45, 2.75) is 31.2 Å². The lowest BCUT2D eigenvalue weighted by atomic mass is 9.96. The minimum Gasteiger partial charge on any atom is -0.480 e. The third kappa shape index (κ3) is 7.03. The number of nitrogens with zero attached hydrogens (tertiary/aromatic N) is 2. The second kappa shape index (κ2) is 12.9. The maximum absolute atomic E-state index is 14.6. The van der Waals surface area contributed by atoms with E-state index >= 15 is 0 Å². The van der Waals surface area contributed by atoms with E-state index in [-0.39, 0.29) is 33.5 Å². The van der Waals surface area contributed by atoms with Crippen molar-refractivity contribution >= 4 is 22.6 Å². The highest BCUT2D eigenvalue weighted by molar-refractivity contribution is 5.98. The Labute approximate surface area is 255 Å². The Morgan fingerprint density at radius 2 is 1.48 bits per heavy atom. The second-order valence-corrected chi connectivity index (χ2v) is 10.6. The Morgan fingerprint density at radius 3 is 2.04 bits per heavy atom. The zero-order valence-electron chi connectivity index (χ0n) is 24.1. The largest absolute Gasteiger partial charge is 0.480 e. The number of pyridine rings is 1. The van der Waals surface area contributed by atoms with Gasteiger partial charge < -0.3 is 15.3 Å². The highest BCUT2D eigenvalue weighted by Crippen LogP contribution is 2.40. The van der Waals surface area contributed by atoms with Crippen molar-refractivity contribution in [2.24, 2.45) is 0 Å². The highest BCUT2D eigenvalue weighted by atomic mass is 19.4. The molecule has 0 saturated heterocycles. The number of carboxylic acid groups (broad SMARTS) is 1.